The van der Waals surface area contributed by atoms with Crippen LogP contribution in [0.1, 0.15) is 59.3 Å². The molecule has 0 amide bonds. The van der Waals surface area contributed by atoms with E-state index in [-0.39, 0.29) is 12.1 Å². The van der Waals surface area contributed by atoms with Crippen molar-refractivity contribution in [3.8, 4) is 0 Å². The molecule has 4 rings (SSSR count). The van der Waals surface area contributed by atoms with Crippen molar-refractivity contribution < 1.29 is 19.6 Å². The Morgan fingerprint density at radius 1 is 1.03 bits per heavy atom. The minimum atomic E-state index is -1.03. The number of fused-ring (bicyclic) bond motifs is 1. The molecule has 2 heterocycles. The Morgan fingerprint density at radius 3 is 2.45 bits per heavy atom. The molecule has 2 unspecified atom stereocenters. The van der Waals surface area contributed by atoms with E-state index >= 15 is 0 Å². The summed E-state index contributed by atoms with van der Waals surface area (Å²) in [6.45, 7) is 6.62. The lowest BCUT2D eigenvalue weighted by Gasteiger charge is -2.43. The van der Waals surface area contributed by atoms with Gasteiger partial charge in [-0.2, -0.15) is 19.6 Å². The monoisotopic (exact) mass is 449 g/mol. The van der Waals surface area contributed by atoms with Crippen molar-refractivity contribution in [3.63, 3.8) is 0 Å². The summed E-state index contributed by atoms with van der Waals surface area (Å²) in [5.74, 6) is -1.80. The van der Waals surface area contributed by atoms with Crippen LogP contribution in [0.15, 0.2) is 30.5 Å². The van der Waals surface area contributed by atoms with E-state index in [4.69, 9.17) is 31.2 Å². The van der Waals surface area contributed by atoms with Gasteiger partial charge >= 0.3 is 0 Å². The lowest BCUT2D eigenvalue weighted by molar-refractivity contribution is -0.657. The van der Waals surface area contributed by atoms with Crippen molar-refractivity contribution in [2.24, 2.45) is 0 Å². The molecule has 1 saturated carbocycles. The van der Waals surface area contributed by atoms with Crippen LogP contribution in [-0.2, 0) is 19.6 Å². The Labute approximate surface area is 188 Å². The lowest BCUT2D eigenvalue weighted by Crippen LogP contribution is -2.58. The van der Waals surface area contributed by atoms with Gasteiger partial charge in [0.15, 0.2) is 0 Å². The topological polar surface area (TPSA) is 73.9 Å². The van der Waals surface area contributed by atoms with Gasteiger partial charge in [0.05, 0.1) is 11.6 Å². The SMILES string of the molecule is CC(CNC(C)C1(C)OOC2(CCCCCC2)OO1)Nc1ccnc2cc(Cl)ccc12. The molecule has 1 aromatic carbocycles. The van der Waals surface area contributed by atoms with Crippen molar-refractivity contribution in [1.82, 2.24) is 10.3 Å². The summed E-state index contributed by atoms with van der Waals surface area (Å²) >= 11 is 6.09. The van der Waals surface area contributed by atoms with Crippen LogP contribution in [0.5, 0.6) is 0 Å². The molecule has 8 heteroatoms. The number of nitrogens with zero attached hydrogens (tertiary/aromatic N) is 1. The average Bonchev–Trinajstić information content (AvgIpc) is 3.00. The van der Waals surface area contributed by atoms with Gasteiger partial charge in [0, 0.05) is 47.7 Å². The third kappa shape index (κ3) is 5.30. The molecule has 1 aromatic heterocycles. The molecule has 1 aliphatic carbocycles. The number of rotatable bonds is 6. The Balaban J connectivity index is 1.31. The highest BCUT2D eigenvalue weighted by Gasteiger charge is 2.49. The first-order chi connectivity index (χ1) is 14.9. The summed E-state index contributed by atoms with van der Waals surface area (Å²) in [7, 11) is 0. The number of hydrogen-bond donors (Lipinski definition) is 2. The minimum Gasteiger partial charge on any atom is -0.381 e. The van der Waals surface area contributed by atoms with E-state index in [2.05, 4.69) is 22.5 Å². The third-order valence-corrected chi connectivity index (χ3v) is 6.44. The fraction of sp³-hybridized carbons (Fsp3) is 0.609. The smallest absolute Gasteiger partial charge is 0.246 e. The van der Waals surface area contributed by atoms with Crippen LogP contribution in [0.2, 0.25) is 5.02 Å². The second-order valence-electron chi connectivity index (χ2n) is 8.87. The summed E-state index contributed by atoms with van der Waals surface area (Å²) < 4.78 is 0. The zero-order valence-electron chi connectivity index (χ0n) is 18.4. The van der Waals surface area contributed by atoms with E-state index in [0.29, 0.717) is 11.6 Å². The largest absolute Gasteiger partial charge is 0.381 e. The standard InChI is InChI=1S/C23H32ClN3O4/c1-16(27-20-10-13-25-21-14-18(24)8-9-19(20)21)15-26-17(2)22(3)28-30-23(31-29-22)11-6-4-5-7-12-23/h8-10,13-14,16-17,26H,4-7,11-12,15H2,1-3H3,(H,25,27). The summed E-state index contributed by atoms with van der Waals surface area (Å²) in [4.78, 5) is 27.4. The zero-order valence-corrected chi connectivity index (χ0v) is 19.2. The van der Waals surface area contributed by atoms with E-state index in [9.17, 15) is 0 Å². The van der Waals surface area contributed by atoms with Crippen molar-refractivity contribution in [2.75, 3.05) is 11.9 Å². The Kier molecular flexibility index (Phi) is 7.01. The van der Waals surface area contributed by atoms with Gasteiger partial charge in [-0.15, -0.1) is 0 Å². The van der Waals surface area contributed by atoms with Gasteiger partial charge in [-0.25, -0.2) is 0 Å². The summed E-state index contributed by atoms with van der Waals surface area (Å²) in [6, 6.07) is 7.68. The molecule has 2 aliphatic rings. The number of hydrogen-bond acceptors (Lipinski definition) is 7. The van der Waals surface area contributed by atoms with Gasteiger partial charge in [-0.1, -0.05) is 24.4 Å². The first-order valence-electron chi connectivity index (χ1n) is 11.2. The molecule has 2 atom stereocenters. The van der Waals surface area contributed by atoms with Crippen LogP contribution < -0.4 is 10.6 Å². The second kappa shape index (κ2) is 9.57. The summed E-state index contributed by atoms with van der Waals surface area (Å²) in [5, 5.41) is 8.72. The highest BCUT2D eigenvalue weighted by Crippen LogP contribution is 2.39. The number of benzene rings is 1. The van der Waals surface area contributed by atoms with Crippen LogP contribution in [0.25, 0.3) is 10.9 Å². The molecule has 2 N–H and O–H groups in total. The summed E-state index contributed by atoms with van der Waals surface area (Å²) in [6.07, 6.45) is 7.84. The molecule has 1 aliphatic heterocycles. The predicted octanol–water partition coefficient (Wildman–Crippen LogP) is 5.34. The molecule has 2 fully saturated rings. The molecule has 0 radical (unpaired) electrons. The number of anilines is 1. The van der Waals surface area contributed by atoms with Crippen LogP contribution in [0.4, 0.5) is 5.69 Å². The Morgan fingerprint density at radius 2 is 1.74 bits per heavy atom. The van der Waals surface area contributed by atoms with Crippen molar-refractivity contribution >= 4 is 28.2 Å². The number of aromatic nitrogens is 1. The van der Waals surface area contributed by atoms with Crippen molar-refractivity contribution in [2.45, 2.75) is 83.0 Å². The second-order valence-corrected chi connectivity index (χ2v) is 9.31. The molecule has 1 saturated heterocycles. The van der Waals surface area contributed by atoms with Crippen LogP contribution in [-0.4, -0.2) is 35.2 Å². The quantitative estimate of drug-likeness (QED) is 0.576. The normalized spacial score (nSPS) is 22.7. The van der Waals surface area contributed by atoms with Crippen molar-refractivity contribution in [3.05, 3.63) is 35.5 Å². The predicted molar refractivity (Wildman–Crippen MR) is 120 cm³/mol. The van der Waals surface area contributed by atoms with E-state index in [1.807, 2.05) is 38.1 Å². The molecule has 2 aromatic rings. The summed E-state index contributed by atoms with van der Waals surface area (Å²) in [5.41, 5.74) is 1.88. The van der Waals surface area contributed by atoms with Crippen molar-refractivity contribution in [1.29, 1.82) is 0 Å². The molecule has 0 bridgehead atoms. The number of nitrogens with one attached hydrogen (secondary N) is 2. The van der Waals surface area contributed by atoms with Gasteiger partial charge in [-0.3, -0.25) is 4.98 Å². The molecular formula is C23H32ClN3O4. The average molecular weight is 450 g/mol. The minimum absolute atomic E-state index is 0.144. The maximum absolute atomic E-state index is 6.09. The first-order valence-corrected chi connectivity index (χ1v) is 11.5. The molecule has 170 valence electrons. The number of halogens is 1. The molecule has 31 heavy (non-hydrogen) atoms. The maximum atomic E-state index is 6.09. The van der Waals surface area contributed by atoms with E-state index in [1.54, 1.807) is 6.20 Å². The van der Waals surface area contributed by atoms with Crippen LogP contribution >= 0.6 is 11.6 Å². The fourth-order valence-corrected chi connectivity index (χ4v) is 4.19. The van der Waals surface area contributed by atoms with Crippen LogP contribution in [0, 0.1) is 0 Å². The van der Waals surface area contributed by atoms with E-state index < -0.39 is 11.6 Å². The highest BCUT2D eigenvalue weighted by molar-refractivity contribution is 6.31. The van der Waals surface area contributed by atoms with E-state index in [0.717, 1.165) is 42.3 Å². The highest BCUT2D eigenvalue weighted by atomic mass is 35.5. The Hall–Kier alpha value is -1.48. The maximum Gasteiger partial charge on any atom is 0.246 e. The third-order valence-electron chi connectivity index (χ3n) is 6.21. The molecule has 7 nitrogen and oxygen atoms in total. The van der Waals surface area contributed by atoms with Gasteiger partial charge in [0.1, 0.15) is 0 Å². The molecule has 1 spiro atoms. The lowest BCUT2D eigenvalue weighted by atomic mass is 10.1. The van der Waals surface area contributed by atoms with Gasteiger partial charge in [-0.05, 0) is 57.9 Å². The molecular weight excluding hydrogens is 418 g/mol. The van der Waals surface area contributed by atoms with E-state index in [1.165, 1.54) is 12.8 Å². The van der Waals surface area contributed by atoms with Gasteiger partial charge in [0.2, 0.25) is 11.6 Å². The fourth-order valence-electron chi connectivity index (χ4n) is 4.03. The number of pyridine rings is 1. The van der Waals surface area contributed by atoms with Gasteiger partial charge in [0.25, 0.3) is 0 Å². The van der Waals surface area contributed by atoms with Gasteiger partial charge < -0.3 is 10.6 Å². The zero-order chi connectivity index (χ0) is 21.9. The van der Waals surface area contributed by atoms with Crippen LogP contribution in [0.3, 0.4) is 0 Å². The Bertz CT molecular complexity index is 878. The first kappa shape index (κ1) is 22.7.